The fourth-order valence-electron chi connectivity index (χ4n) is 2.54. The van der Waals surface area contributed by atoms with Crippen molar-refractivity contribution >= 4 is 0 Å². The monoisotopic (exact) mass is 323 g/mol. The number of benzene rings is 2. The van der Waals surface area contributed by atoms with Crippen LogP contribution in [-0.2, 0) is 13.1 Å². The van der Waals surface area contributed by atoms with Crippen molar-refractivity contribution in [2.45, 2.75) is 20.0 Å². The average molecular weight is 323 g/mol. The Bertz CT molecular complexity index is 755. The summed E-state index contributed by atoms with van der Waals surface area (Å²) in [7, 11) is 2.06. The van der Waals surface area contributed by atoms with Gasteiger partial charge in [-0.05, 0) is 54.2 Å². The number of para-hydroxylation sites is 1. The maximum Gasteiger partial charge on any atom is 0.170 e. The van der Waals surface area contributed by atoms with Crippen LogP contribution in [0.2, 0.25) is 0 Å². The van der Waals surface area contributed by atoms with E-state index in [1.54, 1.807) is 4.68 Å². The van der Waals surface area contributed by atoms with Crippen LogP contribution in [0.1, 0.15) is 18.3 Å². The molecule has 24 heavy (non-hydrogen) atoms. The SMILES string of the molecule is CCOc1ccc(CN(C)Cc2nnnn2-c2ccccc2)cc1. The average Bonchev–Trinajstić information content (AvgIpc) is 3.05. The highest BCUT2D eigenvalue weighted by Gasteiger charge is 2.11. The molecule has 1 heterocycles. The maximum atomic E-state index is 5.47. The number of tetrazole rings is 1. The summed E-state index contributed by atoms with van der Waals surface area (Å²) in [5.74, 6) is 1.71. The Morgan fingerprint density at radius 2 is 1.75 bits per heavy atom. The lowest BCUT2D eigenvalue weighted by molar-refractivity contribution is 0.307. The minimum atomic E-state index is 0.662. The third-order valence-corrected chi connectivity index (χ3v) is 3.63. The molecule has 3 aromatic rings. The molecule has 124 valence electrons. The van der Waals surface area contributed by atoms with Gasteiger partial charge in [0.25, 0.3) is 0 Å². The number of nitrogens with zero attached hydrogens (tertiary/aromatic N) is 5. The number of rotatable bonds is 7. The zero-order valence-electron chi connectivity index (χ0n) is 14.0. The molecule has 0 N–H and O–H groups in total. The first-order valence-electron chi connectivity index (χ1n) is 7.99. The van der Waals surface area contributed by atoms with Gasteiger partial charge in [-0.3, -0.25) is 4.90 Å². The van der Waals surface area contributed by atoms with Gasteiger partial charge < -0.3 is 4.74 Å². The molecule has 6 nitrogen and oxygen atoms in total. The zero-order chi connectivity index (χ0) is 16.8. The summed E-state index contributed by atoms with van der Waals surface area (Å²) in [5.41, 5.74) is 2.19. The van der Waals surface area contributed by atoms with Crippen molar-refractivity contribution in [3.8, 4) is 11.4 Å². The van der Waals surface area contributed by atoms with Crippen molar-refractivity contribution in [3.05, 3.63) is 66.0 Å². The fourth-order valence-corrected chi connectivity index (χ4v) is 2.54. The van der Waals surface area contributed by atoms with Gasteiger partial charge in [-0.25, -0.2) is 0 Å². The first-order valence-corrected chi connectivity index (χ1v) is 7.99. The van der Waals surface area contributed by atoms with Gasteiger partial charge in [0.15, 0.2) is 5.82 Å². The molecule has 0 spiro atoms. The highest BCUT2D eigenvalue weighted by molar-refractivity contribution is 5.30. The Hall–Kier alpha value is -2.73. The fraction of sp³-hybridized carbons (Fsp3) is 0.278. The van der Waals surface area contributed by atoms with Gasteiger partial charge in [-0.15, -0.1) is 5.10 Å². The van der Waals surface area contributed by atoms with Gasteiger partial charge in [-0.1, -0.05) is 30.3 Å². The smallest absolute Gasteiger partial charge is 0.170 e. The van der Waals surface area contributed by atoms with E-state index in [9.17, 15) is 0 Å². The Labute approximate surface area is 141 Å². The van der Waals surface area contributed by atoms with Crippen molar-refractivity contribution in [1.29, 1.82) is 0 Å². The standard InChI is InChI=1S/C18H21N5O/c1-3-24-17-11-9-15(10-12-17)13-22(2)14-18-19-20-21-23(18)16-7-5-4-6-8-16/h4-12H,3,13-14H2,1-2H3. The molecule has 0 atom stereocenters. The molecule has 6 heteroatoms. The summed E-state index contributed by atoms with van der Waals surface area (Å²) in [6, 6.07) is 18.1. The molecule has 3 rings (SSSR count). The van der Waals surface area contributed by atoms with E-state index in [-0.39, 0.29) is 0 Å². The van der Waals surface area contributed by atoms with Gasteiger partial charge >= 0.3 is 0 Å². The molecule has 0 bridgehead atoms. The molecule has 1 aromatic heterocycles. The van der Waals surface area contributed by atoms with Gasteiger partial charge in [0.1, 0.15) is 5.75 Å². The van der Waals surface area contributed by atoms with Gasteiger partial charge in [-0.2, -0.15) is 4.68 Å². The summed E-state index contributed by atoms with van der Waals surface area (Å²) in [4.78, 5) is 2.18. The largest absolute Gasteiger partial charge is 0.494 e. The second-order valence-corrected chi connectivity index (χ2v) is 5.59. The molecule has 0 unspecified atom stereocenters. The van der Waals surface area contributed by atoms with E-state index in [0.29, 0.717) is 13.2 Å². The van der Waals surface area contributed by atoms with Crippen molar-refractivity contribution in [2.24, 2.45) is 0 Å². The predicted molar refractivity (Wildman–Crippen MR) is 91.9 cm³/mol. The Kier molecular flexibility index (Phi) is 5.18. The van der Waals surface area contributed by atoms with Gasteiger partial charge in [0.2, 0.25) is 0 Å². The Morgan fingerprint density at radius 1 is 1.00 bits per heavy atom. The first-order chi connectivity index (χ1) is 11.8. The lowest BCUT2D eigenvalue weighted by Crippen LogP contribution is -2.20. The molecule has 0 amide bonds. The molecule has 0 saturated heterocycles. The van der Waals surface area contributed by atoms with Crippen LogP contribution in [0.25, 0.3) is 5.69 Å². The normalized spacial score (nSPS) is 11.0. The Balaban J connectivity index is 1.65. The minimum absolute atomic E-state index is 0.662. The molecular formula is C18H21N5O. The summed E-state index contributed by atoms with van der Waals surface area (Å²) in [5, 5.41) is 12.1. The van der Waals surface area contributed by atoms with Gasteiger partial charge in [0, 0.05) is 6.54 Å². The van der Waals surface area contributed by atoms with Crippen LogP contribution >= 0.6 is 0 Å². The first kappa shape index (κ1) is 16.1. The lowest BCUT2D eigenvalue weighted by atomic mass is 10.2. The summed E-state index contributed by atoms with van der Waals surface area (Å²) >= 11 is 0. The highest BCUT2D eigenvalue weighted by Crippen LogP contribution is 2.14. The van der Waals surface area contributed by atoms with Crippen molar-refractivity contribution < 1.29 is 4.74 Å². The number of hydrogen-bond acceptors (Lipinski definition) is 5. The summed E-state index contributed by atoms with van der Waals surface area (Å²) in [6.07, 6.45) is 0. The molecule has 0 aliphatic heterocycles. The number of hydrogen-bond donors (Lipinski definition) is 0. The van der Waals surface area contributed by atoms with Crippen LogP contribution in [0.4, 0.5) is 0 Å². The van der Waals surface area contributed by atoms with Crippen molar-refractivity contribution in [3.63, 3.8) is 0 Å². The van der Waals surface area contributed by atoms with Crippen molar-refractivity contribution in [2.75, 3.05) is 13.7 Å². The topological polar surface area (TPSA) is 56.1 Å². The highest BCUT2D eigenvalue weighted by atomic mass is 16.5. The minimum Gasteiger partial charge on any atom is -0.494 e. The molecule has 0 radical (unpaired) electrons. The maximum absolute atomic E-state index is 5.47. The summed E-state index contributed by atoms with van der Waals surface area (Å²) < 4.78 is 7.24. The third kappa shape index (κ3) is 3.97. The van der Waals surface area contributed by atoms with E-state index < -0.39 is 0 Å². The van der Waals surface area contributed by atoms with Gasteiger partial charge in [0.05, 0.1) is 18.8 Å². The van der Waals surface area contributed by atoms with Crippen LogP contribution in [0.3, 0.4) is 0 Å². The van der Waals surface area contributed by atoms with Crippen molar-refractivity contribution in [1.82, 2.24) is 25.1 Å². The molecule has 0 fully saturated rings. The zero-order valence-corrected chi connectivity index (χ0v) is 14.0. The van der Waals surface area contributed by atoms with E-state index in [0.717, 1.165) is 23.8 Å². The molecule has 0 saturated carbocycles. The number of aromatic nitrogens is 4. The van der Waals surface area contributed by atoms with Crippen LogP contribution < -0.4 is 4.74 Å². The van der Waals surface area contributed by atoms with E-state index in [4.69, 9.17) is 4.74 Å². The van der Waals surface area contributed by atoms with E-state index in [1.165, 1.54) is 5.56 Å². The van der Waals surface area contributed by atoms with Crippen LogP contribution in [-0.4, -0.2) is 38.8 Å². The molecule has 0 aliphatic rings. The molecule has 0 aliphatic carbocycles. The van der Waals surface area contributed by atoms with Crippen LogP contribution in [0.5, 0.6) is 5.75 Å². The van der Waals surface area contributed by atoms with E-state index >= 15 is 0 Å². The Morgan fingerprint density at radius 3 is 2.46 bits per heavy atom. The number of ether oxygens (including phenoxy) is 1. The predicted octanol–water partition coefficient (Wildman–Crippen LogP) is 2.69. The second kappa shape index (κ2) is 7.70. The molecular weight excluding hydrogens is 302 g/mol. The van der Waals surface area contributed by atoms with E-state index in [2.05, 4.69) is 39.6 Å². The summed E-state index contributed by atoms with van der Waals surface area (Å²) in [6.45, 7) is 4.14. The third-order valence-electron chi connectivity index (χ3n) is 3.63. The van der Waals surface area contributed by atoms with Crippen LogP contribution in [0.15, 0.2) is 54.6 Å². The quantitative estimate of drug-likeness (QED) is 0.669. The second-order valence-electron chi connectivity index (χ2n) is 5.59. The lowest BCUT2D eigenvalue weighted by Gasteiger charge is -2.16. The van der Waals surface area contributed by atoms with Crippen LogP contribution in [0, 0.1) is 0 Å². The van der Waals surface area contributed by atoms with E-state index in [1.807, 2.05) is 49.4 Å². The molecule has 2 aromatic carbocycles.